The zero-order valence-electron chi connectivity index (χ0n) is 15.8. The van der Waals surface area contributed by atoms with Crippen LogP contribution in [0.3, 0.4) is 0 Å². The number of esters is 2. The Labute approximate surface area is 158 Å². The van der Waals surface area contributed by atoms with Crippen LogP contribution >= 0.6 is 0 Å². The number of hydrogen-bond acceptors (Lipinski definition) is 7. The molecule has 1 aromatic rings. The van der Waals surface area contributed by atoms with E-state index < -0.39 is 36.0 Å². The Balaban J connectivity index is 2.10. The quantitative estimate of drug-likeness (QED) is 0.570. The highest BCUT2D eigenvalue weighted by atomic mass is 16.6. The second kappa shape index (κ2) is 9.91. The third kappa shape index (κ3) is 4.97. The van der Waals surface area contributed by atoms with Gasteiger partial charge < -0.3 is 14.2 Å². The first kappa shape index (κ1) is 20.7. The molecule has 1 N–H and O–H groups in total. The standard InChI is InChI=1S/C19H26N2O6/c1-4-8-14-15(17(22)25-2)16(18(23)26-3)21(20-14)19(24)27-12-11-13-9-6-5-7-10-13/h5-7,9-10,14-16,20H,4,8,11-12H2,1-3H3/t14-,15-,16+/m0/s1. The van der Waals surface area contributed by atoms with Gasteiger partial charge >= 0.3 is 18.0 Å². The normalized spacial score (nSPS) is 21.6. The molecule has 2 rings (SSSR count). The molecule has 0 bridgehead atoms. The van der Waals surface area contributed by atoms with E-state index in [0.717, 1.165) is 17.0 Å². The summed E-state index contributed by atoms with van der Waals surface area (Å²) in [6.07, 6.45) is 1.16. The lowest BCUT2D eigenvalue weighted by atomic mass is 9.91. The van der Waals surface area contributed by atoms with Crippen LogP contribution < -0.4 is 5.43 Å². The third-order valence-corrected chi connectivity index (χ3v) is 4.53. The van der Waals surface area contributed by atoms with E-state index in [0.29, 0.717) is 12.8 Å². The molecule has 0 saturated carbocycles. The lowest BCUT2D eigenvalue weighted by Crippen LogP contribution is -2.49. The van der Waals surface area contributed by atoms with Gasteiger partial charge in [0.2, 0.25) is 0 Å². The molecule has 8 nitrogen and oxygen atoms in total. The number of methoxy groups -OCH3 is 2. The van der Waals surface area contributed by atoms with Crippen LogP contribution in [0.2, 0.25) is 0 Å². The van der Waals surface area contributed by atoms with E-state index in [1.807, 2.05) is 37.3 Å². The molecule has 1 aliphatic rings. The average Bonchev–Trinajstić information content (AvgIpc) is 3.07. The molecule has 0 spiro atoms. The summed E-state index contributed by atoms with van der Waals surface area (Å²) in [4.78, 5) is 37.1. The minimum absolute atomic E-state index is 0.149. The van der Waals surface area contributed by atoms with Gasteiger partial charge in [-0.3, -0.25) is 4.79 Å². The summed E-state index contributed by atoms with van der Waals surface area (Å²) < 4.78 is 14.9. The second-order valence-corrected chi connectivity index (χ2v) is 6.26. The van der Waals surface area contributed by atoms with Gasteiger partial charge in [-0.05, 0) is 12.0 Å². The first-order chi connectivity index (χ1) is 13.0. The number of nitrogens with one attached hydrogen (secondary N) is 1. The van der Waals surface area contributed by atoms with Gasteiger partial charge in [0.25, 0.3) is 0 Å². The Bertz CT molecular complexity index is 651. The van der Waals surface area contributed by atoms with Crippen LogP contribution in [-0.4, -0.2) is 56.0 Å². The summed E-state index contributed by atoms with van der Waals surface area (Å²) in [6.45, 7) is 2.10. The predicted molar refractivity (Wildman–Crippen MR) is 96.5 cm³/mol. The van der Waals surface area contributed by atoms with Crippen LogP contribution in [0.5, 0.6) is 0 Å². The van der Waals surface area contributed by atoms with Crippen molar-refractivity contribution in [1.82, 2.24) is 10.4 Å². The summed E-state index contributed by atoms with van der Waals surface area (Å²) in [5.74, 6) is -2.13. The first-order valence-electron chi connectivity index (χ1n) is 8.95. The number of ether oxygens (including phenoxy) is 3. The lowest BCUT2D eigenvalue weighted by Gasteiger charge is -2.23. The Hall–Kier alpha value is -2.61. The van der Waals surface area contributed by atoms with Gasteiger partial charge in [-0.2, -0.15) is 0 Å². The minimum atomic E-state index is -1.14. The van der Waals surface area contributed by atoms with Crippen LogP contribution in [0.15, 0.2) is 30.3 Å². The zero-order chi connectivity index (χ0) is 19.8. The molecule has 27 heavy (non-hydrogen) atoms. The van der Waals surface area contributed by atoms with Crippen molar-refractivity contribution >= 4 is 18.0 Å². The number of nitrogens with zero attached hydrogens (tertiary/aromatic N) is 1. The number of carbonyl (C=O) groups excluding carboxylic acids is 3. The fourth-order valence-corrected chi connectivity index (χ4v) is 3.21. The maximum Gasteiger partial charge on any atom is 0.425 e. The molecule has 1 aromatic carbocycles. The molecule has 0 aromatic heterocycles. The summed E-state index contributed by atoms with van der Waals surface area (Å²) in [5.41, 5.74) is 3.96. The monoisotopic (exact) mass is 378 g/mol. The number of benzene rings is 1. The van der Waals surface area contributed by atoms with E-state index in [1.165, 1.54) is 14.2 Å². The van der Waals surface area contributed by atoms with E-state index in [-0.39, 0.29) is 6.61 Å². The van der Waals surface area contributed by atoms with E-state index in [2.05, 4.69) is 5.43 Å². The highest BCUT2D eigenvalue weighted by Gasteiger charge is 2.53. The number of rotatable bonds is 7. The molecule has 1 amide bonds. The third-order valence-electron chi connectivity index (χ3n) is 4.53. The van der Waals surface area contributed by atoms with Crippen LogP contribution in [0.25, 0.3) is 0 Å². The summed E-state index contributed by atoms with van der Waals surface area (Å²) in [6, 6.07) is 8.03. The van der Waals surface area contributed by atoms with E-state index in [4.69, 9.17) is 14.2 Å². The number of carbonyl (C=O) groups is 3. The minimum Gasteiger partial charge on any atom is -0.469 e. The Morgan fingerprint density at radius 1 is 1.07 bits per heavy atom. The number of hydrazine groups is 1. The largest absolute Gasteiger partial charge is 0.469 e. The number of hydrogen-bond donors (Lipinski definition) is 1. The SMILES string of the molecule is CCC[C@@H]1NN(C(=O)OCCc2ccccc2)[C@@H](C(=O)OC)[C@H]1C(=O)OC. The first-order valence-corrected chi connectivity index (χ1v) is 8.95. The van der Waals surface area contributed by atoms with Crippen molar-refractivity contribution in [1.29, 1.82) is 0 Å². The molecule has 3 atom stereocenters. The van der Waals surface area contributed by atoms with Gasteiger partial charge in [0.05, 0.1) is 20.8 Å². The lowest BCUT2D eigenvalue weighted by molar-refractivity contribution is -0.155. The molecular formula is C19H26N2O6. The Kier molecular flexibility index (Phi) is 7.60. The van der Waals surface area contributed by atoms with Crippen molar-refractivity contribution in [2.45, 2.75) is 38.3 Å². The second-order valence-electron chi connectivity index (χ2n) is 6.26. The molecular weight excluding hydrogens is 352 g/mol. The summed E-state index contributed by atoms with van der Waals surface area (Å²) in [5, 5.41) is 1.05. The smallest absolute Gasteiger partial charge is 0.425 e. The molecule has 8 heteroatoms. The van der Waals surface area contributed by atoms with Gasteiger partial charge in [0.15, 0.2) is 6.04 Å². The molecule has 1 saturated heterocycles. The van der Waals surface area contributed by atoms with Crippen LogP contribution in [0.4, 0.5) is 4.79 Å². The molecule has 148 valence electrons. The van der Waals surface area contributed by atoms with Crippen LogP contribution in [0.1, 0.15) is 25.3 Å². The van der Waals surface area contributed by atoms with Gasteiger partial charge in [-0.15, -0.1) is 0 Å². The van der Waals surface area contributed by atoms with Crippen molar-refractivity contribution < 1.29 is 28.6 Å². The summed E-state index contributed by atoms with van der Waals surface area (Å²) in [7, 11) is 2.46. The van der Waals surface area contributed by atoms with Crippen molar-refractivity contribution in [2.24, 2.45) is 5.92 Å². The van der Waals surface area contributed by atoms with E-state index in [9.17, 15) is 14.4 Å². The fraction of sp³-hybridized carbons (Fsp3) is 0.526. The van der Waals surface area contributed by atoms with Gasteiger partial charge in [-0.1, -0.05) is 43.7 Å². The van der Waals surface area contributed by atoms with Crippen LogP contribution in [0, 0.1) is 5.92 Å². The molecule has 1 heterocycles. The van der Waals surface area contributed by atoms with Gasteiger partial charge in [0.1, 0.15) is 5.92 Å². The van der Waals surface area contributed by atoms with Crippen molar-refractivity contribution in [3.63, 3.8) is 0 Å². The Morgan fingerprint density at radius 2 is 1.74 bits per heavy atom. The van der Waals surface area contributed by atoms with E-state index in [1.54, 1.807) is 0 Å². The maximum atomic E-state index is 12.6. The van der Waals surface area contributed by atoms with Gasteiger partial charge in [0, 0.05) is 12.5 Å². The van der Waals surface area contributed by atoms with Crippen LogP contribution in [-0.2, 0) is 30.2 Å². The molecule has 1 aliphatic heterocycles. The fourth-order valence-electron chi connectivity index (χ4n) is 3.21. The Morgan fingerprint density at radius 3 is 2.33 bits per heavy atom. The highest BCUT2D eigenvalue weighted by Crippen LogP contribution is 2.28. The predicted octanol–water partition coefficient (Wildman–Crippen LogP) is 1.69. The molecule has 0 unspecified atom stereocenters. The van der Waals surface area contributed by atoms with Crippen molar-refractivity contribution in [2.75, 3.05) is 20.8 Å². The maximum absolute atomic E-state index is 12.6. The van der Waals surface area contributed by atoms with E-state index >= 15 is 0 Å². The molecule has 1 fully saturated rings. The highest BCUT2D eigenvalue weighted by molar-refractivity contribution is 5.89. The molecule has 0 aliphatic carbocycles. The molecule has 0 radical (unpaired) electrons. The summed E-state index contributed by atoms with van der Waals surface area (Å²) >= 11 is 0. The van der Waals surface area contributed by atoms with Gasteiger partial charge in [-0.25, -0.2) is 20.0 Å². The number of amides is 1. The van der Waals surface area contributed by atoms with Crippen molar-refractivity contribution in [3.8, 4) is 0 Å². The zero-order valence-corrected chi connectivity index (χ0v) is 15.8. The van der Waals surface area contributed by atoms with Crippen molar-refractivity contribution in [3.05, 3.63) is 35.9 Å². The topological polar surface area (TPSA) is 94.2 Å². The average molecular weight is 378 g/mol.